The van der Waals surface area contributed by atoms with Crippen LogP contribution in [0.2, 0.25) is 0 Å². The highest BCUT2D eigenvalue weighted by atomic mass is 32.1. The SMILES string of the molecule is CCCc1c(OCCCC/C=C\C=C\[C@@H](c2c(C(=O)OC)oc3c(c2=O)=CCC(=S)C=3)[C@@H](O)c2cccc(C(F)(F)F)c2)ccc(C(C)=O)c1O. The van der Waals surface area contributed by atoms with Crippen LogP contribution >= 0.6 is 12.2 Å². The molecule has 0 saturated carbocycles. The third-order valence-corrected chi connectivity index (χ3v) is 8.60. The van der Waals surface area contributed by atoms with Crippen molar-refractivity contribution in [1.82, 2.24) is 0 Å². The molecule has 1 aromatic heterocycles. The van der Waals surface area contributed by atoms with Gasteiger partial charge in [-0.15, -0.1) is 0 Å². The lowest BCUT2D eigenvalue weighted by atomic mass is 9.86. The van der Waals surface area contributed by atoms with Crippen molar-refractivity contribution in [3.05, 3.63) is 115 Å². The average Bonchev–Trinajstić information content (AvgIpc) is 3.09. The lowest BCUT2D eigenvalue weighted by Crippen LogP contribution is -2.45. The monoisotopic (exact) mass is 724 g/mol. The number of unbranched alkanes of at least 4 members (excludes halogenated alkanes) is 2. The van der Waals surface area contributed by atoms with E-state index in [9.17, 15) is 37.8 Å². The van der Waals surface area contributed by atoms with E-state index in [4.69, 9.17) is 26.1 Å². The Bertz CT molecular complexity index is 2030. The van der Waals surface area contributed by atoms with Crippen LogP contribution in [0.5, 0.6) is 11.5 Å². The second kappa shape index (κ2) is 17.4. The second-order valence-corrected chi connectivity index (χ2v) is 12.5. The fourth-order valence-electron chi connectivity index (χ4n) is 5.73. The number of aromatic hydroxyl groups is 1. The van der Waals surface area contributed by atoms with E-state index in [0.717, 1.165) is 38.2 Å². The van der Waals surface area contributed by atoms with Gasteiger partial charge in [-0.3, -0.25) is 9.59 Å². The number of methoxy groups -OCH3 is 1. The molecule has 0 bridgehead atoms. The Morgan fingerprint density at radius 1 is 1.14 bits per heavy atom. The highest BCUT2D eigenvalue weighted by molar-refractivity contribution is 7.81. The molecule has 0 spiro atoms. The van der Waals surface area contributed by atoms with Crippen LogP contribution in [-0.2, 0) is 17.3 Å². The van der Waals surface area contributed by atoms with Crippen LogP contribution in [0.4, 0.5) is 13.2 Å². The molecule has 51 heavy (non-hydrogen) atoms. The maximum atomic E-state index is 13.9. The molecule has 2 aromatic carbocycles. The smallest absolute Gasteiger partial charge is 0.416 e. The number of benzene rings is 2. The molecule has 0 radical (unpaired) electrons. The minimum atomic E-state index is -4.68. The first-order valence-corrected chi connectivity index (χ1v) is 16.9. The number of carbonyl (C=O) groups is 2. The standard InChI is InChI=1S/C39H39F3O8S/c1-4-12-28-31(19-18-27(23(2)43)35(28)45)49-20-10-8-6-5-7-9-15-30(34(44)24-13-11-14-25(21-24)39(40,41)42)33-36(46)29-17-16-26(51)22-32(29)50-37(33)38(47)48-3/h5,7,9,11,13-15,17-19,21-22,30,34,44-45H,4,6,8,10,12,16,20H2,1-3H3/b7-5-,15-9+/t30-,34-/m0/s1. The number of carbonyl (C=O) groups excluding carboxylic acids is 2. The van der Waals surface area contributed by atoms with Crippen molar-refractivity contribution in [3.8, 4) is 11.5 Å². The van der Waals surface area contributed by atoms with E-state index in [-0.39, 0.29) is 45.3 Å². The molecule has 4 rings (SSSR count). The van der Waals surface area contributed by atoms with E-state index in [2.05, 4.69) is 0 Å². The largest absolute Gasteiger partial charge is 0.507 e. The van der Waals surface area contributed by atoms with Crippen LogP contribution in [0, 0.1) is 0 Å². The molecule has 12 heteroatoms. The number of hydrogen-bond acceptors (Lipinski definition) is 9. The topological polar surface area (TPSA) is 123 Å². The number of thiocarbonyl (C=S) groups is 1. The van der Waals surface area contributed by atoms with Crippen LogP contribution in [0.3, 0.4) is 0 Å². The normalized spacial score (nSPS) is 14.1. The predicted octanol–water partition coefficient (Wildman–Crippen LogP) is 6.82. The number of esters is 1. The lowest BCUT2D eigenvalue weighted by molar-refractivity contribution is -0.137. The number of halogens is 3. The summed E-state index contributed by atoms with van der Waals surface area (Å²) < 4.78 is 57.3. The number of Topliss-reactive ketones (excluding diaryl/α,β-unsaturated/α-hetero) is 1. The number of rotatable bonds is 15. The molecular weight excluding hydrogens is 685 g/mol. The summed E-state index contributed by atoms with van der Waals surface area (Å²) in [4.78, 5) is 39.1. The van der Waals surface area contributed by atoms with E-state index in [1.165, 1.54) is 25.1 Å². The molecule has 0 amide bonds. The van der Waals surface area contributed by atoms with Gasteiger partial charge < -0.3 is 24.1 Å². The molecule has 0 aliphatic heterocycles. The Labute approximate surface area is 298 Å². The van der Waals surface area contributed by atoms with Crippen molar-refractivity contribution in [2.45, 2.75) is 70.6 Å². The summed E-state index contributed by atoms with van der Waals surface area (Å²) in [7, 11) is 1.09. The lowest BCUT2D eigenvalue weighted by Gasteiger charge is -2.22. The molecule has 0 unspecified atom stereocenters. The Morgan fingerprint density at radius 2 is 1.90 bits per heavy atom. The van der Waals surface area contributed by atoms with Crippen LogP contribution in [-0.4, -0.2) is 40.5 Å². The van der Waals surface area contributed by atoms with Crippen LogP contribution in [0.15, 0.2) is 69.9 Å². The highest BCUT2D eigenvalue weighted by Crippen LogP contribution is 2.36. The fourth-order valence-corrected chi connectivity index (χ4v) is 5.93. The average molecular weight is 725 g/mol. The van der Waals surface area contributed by atoms with Crippen molar-refractivity contribution < 1.29 is 46.9 Å². The van der Waals surface area contributed by atoms with Gasteiger partial charge >= 0.3 is 12.1 Å². The maximum absolute atomic E-state index is 13.9. The van der Waals surface area contributed by atoms with Gasteiger partial charge in [-0.2, -0.15) is 13.2 Å². The third kappa shape index (κ3) is 9.50. The number of phenols is 1. The third-order valence-electron chi connectivity index (χ3n) is 8.32. The Morgan fingerprint density at radius 3 is 2.59 bits per heavy atom. The molecule has 1 aliphatic carbocycles. The van der Waals surface area contributed by atoms with E-state index in [1.807, 2.05) is 13.0 Å². The van der Waals surface area contributed by atoms with Gasteiger partial charge in [0.2, 0.25) is 5.76 Å². The first kappa shape index (κ1) is 39.0. The summed E-state index contributed by atoms with van der Waals surface area (Å²) in [6, 6.07) is 7.36. The van der Waals surface area contributed by atoms with Gasteiger partial charge in [0.05, 0.1) is 41.7 Å². The predicted molar refractivity (Wildman–Crippen MR) is 191 cm³/mol. The van der Waals surface area contributed by atoms with Crippen LogP contribution < -0.4 is 20.8 Å². The number of allylic oxidation sites excluding steroid dienone is 3. The molecule has 270 valence electrons. The van der Waals surface area contributed by atoms with E-state index in [0.29, 0.717) is 42.0 Å². The molecule has 2 atom stereocenters. The minimum absolute atomic E-state index is 0.0482. The van der Waals surface area contributed by atoms with Gasteiger partial charge in [0.1, 0.15) is 16.9 Å². The van der Waals surface area contributed by atoms with Crippen molar-refractivity contribution in [3.63, 3.8) is 0 Å². The number of ketones is 1. The van der Waals surface area contributed by atoms with Crippen LogP contribution in [0.1, 0.15) is 101 Å². The van der Waals surface area contributed by atoms with Gasteiger partial charge in [0, 0.05) is 22.8 Å². The molecule has 3 aromatic rings. The number of hydrogen-bond donors (Lipinski definition) is 2. The van der Waals surface area contributed by atoms with Gasteiger partial charge in [-0.25, -0.2) is 4.79 Å². The highest BCUT2D eigenvalue weighted by Gasteiger charge is 2.34. The fraction of sp³-hybridized carbons (Fsp3) is 0.333. The van der Waals surface area contributed by atoms with Crippen molar-refractivity contribution >= 4 is 41.0 Å². The van der Waals surface area contributed by atoms with Crippen molar-refractivity contribution in [1.29, 1.82) is 0 Å². The van der Waals surface area contributed by atoms with Gasteiger partial charge in [-0.1, -0.05) is 68.1 Å². The summed E-state index contributed by atoms with van der Waals surface area (Å²) in [5, 5.41) is 22.2. The molecule has 8 nitrogen and oxygen atoms in total. The maximum Gasteiger partial charge on any atom is 0.416 e. The van der Waals surface area contributed by atoms with E-state index < -0.39 is 40.9 Å². The molecule has 1 heterocycles. The Kier molecular flexibility index (Phi) is 13.3. The van der Waals surface area contributed by atoms with E-state index >= 15 is 0 Å². The Balaban J connectivity index is 1.56. The summed E-state index contributed by atoms with van der Waals surface area (Å²) >= 11 is 5.22. The summed E-state index contributed by atoms with van der Waals surface area (Å²) in [6.45, 7) is 3.73. The van der Waals surface area contributed by atoms with Gasteiger partial charge in [-0.05, 0) is 68.5 Å². The first-order valence-electron chi connectivity index (χ1n) is 16.5. The van der Waals surface area contributed by atoms with Gasteiger partial charge in [0.25, 0.3) is 0 Å². The zero-order valence-corrected chi connectivity index (χ0v) is 29.2. The number of aliphatic hydroxyl groups excluding tert-OH is 1. The number of alkyl halides is 3. The minimum Gasteiger partial charge on any atom is -0.507 e. The summed E-state index contributed by atoms with van der Waals surface area (Å²) in [6.07, 6.45) is 6.68. The second-order valence-electron chi connectivity index (χ2n) is 12.0. The molecule has 2 N–H and O–H groups in total. The zero-order chi connectivity index (χ0) is 37.3. The number of aliphatic hydroxyl groups is 1. The molecule has 0 saturated heterocycles. The van der Waals surface area contributed by atoms with Crippen molar-refractivity contribution in [2.24, 2.45) is 0 Å². The summed E-state index contributed by atoms with van der Waals surface area (Å²) in [5.41, 5.74) is -1.13. The molecule has 0 fully saturated rings. The van der Waals surface area contributed by atoms with Crippen molar-refractivity contribution in [2.75, 3.05) is 13.7 Å². The summed E-state index contributed by atoms with van der Waals surface area (Å²) in [5.74, 6) is -2.57. The Hall–Kier alpha value is -4.81. The van der Waals surface area contributed by atoms with Gasteiger partial charge in [0.15, 0.2) is 11.2 Å². The zero-order valence-electron chi connectivity index (χ0n) is 28.4. The number of phenolic OH excluding ortho intramolecular Hbond substituents is 1. The van der Waals surface area contributed by atoms with Crippen LogP contribution in [0.25, 0.3) is 12.2 Å². The van der Waals surface area contributed by atoms with E-state index in [1.54, 1.807) is 30.4 Å². The molecule has 1 aliphatic rings. The first-order chi connectivity index (χ1) is 24.3. The number of ether oxygens (including phenoxy) is 2. The molecular formula is C39H39F3O8S. The number of fused-ring (bicyclic) bond motifs is 1. The quantitative estimate of drug-likeness (QED) is 0.0572.